The van der Waals surface area contributed by atoms with Crippen molar-refractivity contribution in [1.82, 2.24) is 14.7 Å². The summed E-state index contributed by atoms with van der Waals surface area (Å²) in [6.45, 7) is 2.53. The lowest BCUT2D eigenvalue weighted by Crippen LogP contribution is -2.42. The number of aromatic nitrogens is 2. The van der Waals surface area contributed by atoms with Gasteiger partial charge in [-0.2, -0.15) is 5.10 Å². The molecule has 0 radical (unpaired) electrons. The number of sulfone groups is 1. The van der Waals surface area contributed by atoms with Gasteiger partial charge in [0.15, 0.2) is 9.84 Å². The molecule has 34 heavy (non-hydrogen) atoms. The van der Waals surface area contributed by atoms with Crippen LogP contribution in [0.3, 0.4) is 0 Å². The SMILES string of the molecule is Cn1cc(S(=O)(=O)CCc2ccc3c(c2)C(Cc2ccccc2)C(N2CC4CC4C2)CC3)cn1. The van der Waals surface area contributed by atoms with Crippen molar-refractivity contribution in [3.63, 3.8) is 0 Å². The van der Waals surface area contributed by atoms with Crippen LogP contribution in [-0.2, 0) is 36.1 Å². The van der Waals surface area contributed by atoms with E-state index >= 15 is 0 Å². The van der Waals surface area contributed by atoms with E-state index in [1.165, 1.54) is 48.8 Å². The Bertz CT molecular complexity index is 1270. The van der Waals surface area contributed by atoms with Crippen molar-refractivity contribution >= 4 is 9.84 Å². The topological polar surface area (TPSA) is 55.2 Å². The third-order valence-corrected chi connectivity index (χ3v) is 9.93. The Kier molecular flexibility index (Phi) is 5.61. The molecule has 3 aromatic rings. The maximum absolute atomic E-state index is 12.8. The van der Waals surface area contributed by atoms with Crippen LogP contribution in [0.15, 0.2) is 65.8 Å². The molecule has 5 nitrogen and oxygen atoms in total. The van der Waals surface area contributed by atoms with Crippen molar-refractivity contribution in [1.29, 1.82) is 0 Å². The van der Waals surface area contributed by atoms with Gasteiger partial charge in [0.05, 0.1) is 11.9 Å². The normalized spacial score (nSPS) is 26.3. The third-order valence-electron chi connectivity index (χ3n) is 8.26. The average Bonchev–Trinajstić information content (AvgIpc) is 3.21. The molecule has 4 atom stereocenters. The van der Waals surface area contributed by atoms with Gasteiger partial charge in [0.1, 0.15) is 4.90 Å². The zero-order valence-corrected chi connectivity index (χ0v) is 20.6. The molecule has 0 bridgehead atoms. The number of fused-ring (bicyclic) bond motifs is 2. The van der Waals surface area contributed by atoms with Gasteiger partial charge >= 0.3 is 0 Å². The van der Waals surface area contributed by atoms with Crippen LogP contribution in [0.1, 0.15) is 41.0 Å². The number of likely N-dealkylation sites (tertiary alicyclic amines) is 1. The summed E-state index contributed by atoms with van der Waals surface area (Å²) in [5.74, 6) is 2.43. The van der Waals surface area contributed by atoms with E-state index in [2.05, 4.69) is 58.5 Å². The van der Waals surface area contributed by atoms with E-state index < -0.39 is 9.84 Å². The quantitative estimate of drug-likeness (QED) is 0.518. The third kappa shape index (κ3) is 4.34. The molecule has 0 amide bonds. The average molecular weight is 476 g/mol. The minimum atomic E-state index is -3.34. The number of hydrogen-bond acceptors (Lipinski definition) is 4. The molecule has 2 aliphatic carbocycles. The van der Waals surface area contributed by atoms with E-state index in [9.17, 15) is 8.42 Å². The molecule has 1 aromatic heterocycles. The van der Waals surface area contributed by atoms with Gasteiger partial charge in [-0.25, -0.2) is 8.42 Å². The first-order chi connectivity index (χ1) is 16.5. The first-order valence-electron chi connectivity index (χ1n) is 12.6. The minimum absolute atomic E-state index is 0.111. The molecular weight excluding hydrogens is 442 g/mol. The number of aryl methyl sites for hydroxylation is 3. The van der Waals surface area contributed by atoms with Gasteiger partial charge in [-0.15, -0.1) is 0 Å². The summed E-state index contributed by atoms with van der Waals surface area (Å²) in [4.78, 5) is 3.08. The molecule has 2 aromatic carbocycles. The molecule has 1 saturated carbocycles. The maximum atomic E-state index is 12.8. The fraction of sp³-hybridized carbons (Fsp3) is 0.464. The number of nitrogens with zero attached hydrogens (tertiary/aromatic N) is 3. The second kappa shape index (κ2) is 8.65. The summed E-state index contributed by atoms with van der Waals surface area (Å²) in [6.07, 6.45) is 8.37. The van der Waals surface area contributed by atoms with Crippen molar-refractivity contribution in [3.05, 3.63) is 83.2 Å². The van der Waals surface area contributed by atoms with E-state index in [1.54, 1.807) is 17.9 Å². The summed E-state index contributed by atoms with van der Waals surface area (Å²) in [6, 6.07) is 18.2. The predicted molar refractivity (Wildman–Crippen MR) is 134 cm³/mol. The van der Waals surface area contributed by atoms with Gasteiger partial charge in [-0.3, -0.25) is 9.58 Å². The number of hydrogen-bond donors (Lipinski definition) is 0. The van der Waals surface area contributed by atoms with Gasteiger partial charge in [0.2, 0.25) is 0 Å². The Hall–Kier alpha value is -2.44. The molecule has 2 heterocycles. The second-order valence-electron chi connectivity index (χ2n) is 10.6. The summed E-state index contributed by atoms with van der Waals surface area (Å²) < 4.78 is 27.2. The fourth-order valence-corrected chi connectivity index (χ4v) is 7.53. The highest BCUT2D eigenvalue weighted by atomic mass is 32.2. The van der Waals surface area contributed by atoms with Crippen molar-refractivity contribution < 1.29 is 8.42 Å². The van der Waals surface area contributed by atoms with E-state index in [-0.39, 0.29) is 5.75 Å². The van der Waals surface area contributed by atoms with Crippen LogP contribution in [0.25, 0.3) is 0 Å². The zero-order chi connectivity index (χ0) is 23.3. The molecule has 1 aliphatic heterocycles. The van der Waals surface area contributed by atoms with Gasteiger partial charge in [0, 0.05) is 38.3 Å². The van der Waals surface area contributed by atoms with Crippen molar-refractivity contribution in [2.75, 3.05) is 18.8 Å². The highest BCUT2D eigenvalue weighted by molar-refractivity contribution is 7.91. The lowest BCUT2D eigenvalue weighted by atomic mass is 9.75. The van der Waals surface area contributed by atoms with Crippen LogP contribution in [0.2, 0.25) is 0 Å². The maximum Gasteiger partial charge on any atom is 0.181 e. The van der Waals surface area contributed by atoms with Crippen LogP contribution in [0.5, 0.6) is 0 Å². The van der Waals surface area contributed by atoms with Gasteiger partial charge < -0.3 is 0 Å². The Morgan fingerprint density at radius 3 is 2.56 bits per heavy atom. The molecule has 1 saturated heterocycles. The number of piperidine rings is 1. The van der Waals surface area contributed by atoms with E-state index in [0.29, 0.717) is 23.3 Å². The Morgan fingerprint density at radius 1 is 1.03 bits per heavy atom. The molecule has 0 spiro atoms. The van der Waals surface area contributed by atoms with Gasteiger partial charge in [-0.1, -0.05) is 48.5 Å². The van der Waals surface area contributed by atoms with Crippen molar-refractivity contribution in [2.24, 2.45) is 18.9 Å². The second-order valence-corrected chi connectivity index (χ2v) is 12.7. The van der Waals surface area contributed by atoms with E-state index in [4.69, 9.17) is 0 Å². The van der Waals surface area contributed by atoms with Crippen LogP contribution in [0.4, 0.5) is 0 Å². The van der Waals surface area contributed by atoms with Gasteiger partial charge in [-0.05, 0) is 66.2 Å². The Labute approximate surface area is 202 Å². The van der Waals surface area contributed by atoms with Crippen LogP contribution >= 0.6 is 0 Å². The smallest absolute Gasteiger partial charge is 0.181 e. The Morgan fingerprint density at radius 2 is 1.82 bits per heavy atom. The number of benzene rings is 2. The monoisotopic (exact) mass is 475 g/mol. The largest absolute Gasteiger partial charge is 0.299 e. The zero-order valence-electron chi connectivity index (χ0n) is 19.8. The lowest BCUT2D eigenvalue weighted by molar-refractivity contribution is 0.171. The molecule has 2 fully saturated rings. The summed E-state index contributed by atoms with van der Waals surface area (Å²) in [7, 11) is -1.59. The highest BCUT2D eigenvalue weighted by Crippen LogP contribution is 2.48. The van der Waals surface area contributed by atoms with E-state index in [1.807, 2.05) is 0 Å². The fourth-order valence-electron chi connectivity index (χ4n) is 6.27. The summed E-state index contributed by atoms with van der Waals surface area (Å²) >= 11 is 0. The van der Waals surface area contributed by atoms with Crippen molar-refractivity contribution in [3.8, 4) is 0 Å². The van der Waals surface area contributed by atoms with Crippen LogP contribution < -0.4 is 0 Å². The standard InChI is InChI=1S/C28H33N3O2S/c1-30-19-25(16-29-30)34(32,33)12-11-21-7-8-22-9-10-28(31-17-23-15-24(23)18-31)27(26(22)13-21)14-20-5-3-2-4-6-20/h2-8,13,16,19,23-24,27-28H,9-12,14-15,17-18H2,1H3. The lowest BCUT2D eigenvalue weighted by Gasteiger charge is -2.40. The van der Waals surface area contributed by atoms with Crippen LogP contribution in [0, 0.1) is 11.8 Å². The summed E-state index contributed by atoms with van der Waals surface area (Å²) in [5, 5.41) is 4.03. The molecule has 4 unspecified atom stereocenters. The van der Waals surface area contributed by atoms with Gasteiger partial charge in [0.25, 0.3) is 0 Å². The first-order valence-corrected chi connectivity index (χ1v) is 14.2. The molecule has 6 rings (SSSR count). The highest BCUT2D eigenvalue weighted by Gasteiger charge is 2.48. The summed E-state index contributed by atoms with van der Waals surface area (Å²) in [5.41, 5.74) is 5.39. The van der Waals surface area contributed by atoms with E-state index in [0.717, 1.165) is 30.2 Å². The molecule has 6 heteroatoms. The number of rotatable bonds is 7. The molecule has 0 N–H and O–H groups in total. The van der Waals surface area contributed by atoms with Crippen LogP contribution in [-0.4, -0.2) is 48.0 Å². The van der Waals surface area contributed by atoms with Crippen molar-refractivity contribution in [2.45, 2.75) is 49.0 Å². The minimum Gasteiger partial charge on any atom is -0.299 e. The molecule has 3 aliphatic rings. The first kappa shape index (κ1) is 22.1. The Balaban J connectivity index is 1.27. The molecule has 178 valence electrons. The predicted octanol–water partition coefficient (Wildman–Crippen LogP) is 4.03. The molecular formula is C28H33N3O2S.